The maximum absolute atomic E-state index is 6.07. The summed E-state index contributed by atoms with van der Waals surface area (Å²) in [7, 11) is 0. The zero-order valence-electron chi connectivity index (χ0n) is 11.5. The number of hydrogen-bond donors (Lipinski definition) is 1. The molecule has 4 heteroatoms. The lowest BCUT2D eigenvalue weighted by molar-refractivity contribution is -0.0697. The molecule has 0 spiro atoms. The van der Waals surface area contributed by atoms with Crippen LogP contribution in [-0.2, 0) is 11.2 Å². The maximum atomic E-state index is 6.07. The van der Waals surface area contributed by atoms with Gasteiger partial charge in [-0.1, -0.05) is 11.6 Å². The van der Waals surface area contributed by atoms with Gasteiger partial charge < -0.3 is 10.1 Å². The molecule has 2 heterocycles. The molecule has 1 atom stereocenters. The van der Waals surface area contributed by atoms with Crippen LogP contribution in [0, 0.1) is 0 Å². The fourth-order valence-electron chi connectivity index (χ4n) is 2.74. The highest BCUT2D eigenvalue weighted by atomic mass is 35.5. The predicted molar refractivity (Wildman–Crippen MR) is 78.7 cm³/mol. The predicted octanol–water partition coefficient (Wildman–Crippen LogP) is 3.88. The Morgan fingerprint density at radius 1 is 1.39 bits per heavy atom. The minimum Gasteiger partial charge on any atom is -0.368 e. The first kappa shape index (κ1) is 14.3. The fourth-order valence-corrected chi connectivity index (χ4v) is 3.82. The molecule has 1 fully saturated rings. The molecule has 1 N–H and O–H groups in total. The standard InChI is InChI=1S/C14H22ClNOS/c1-13(2)9-11(14(3,4)17-13)16-8-7-10-5-6-12(15)18-10/h5-6,11,16H,7-9H2,1-4H3. The van der Waals surface area contributed by atoms with Gasteiger partial charge in [0.15, 0.2) is 0 Å². The molecule has 1 unspecified atom stereocenters. The Morgan fingerprint density at radius 2 is 2.11 bits per heavy atom. The Hall–Kier alpha value is -0.0900. The third kappa shape index (κ3) is 3.47. The van der Waals surface area contributed by atoms with Gasteiger partial charge in [0, 0.05) is 17.5 Å². The van der Waals surface area contributed by atoms with E-state index in [-0.39, 0.29) is 11.2 Å². The Bertz CT molecular complexity index is 414. The smallest absolute Gasteiger partial charge is 0.0931 e. The van der Waals surface area contributed by atoms with Gasteiger partial charge in [-0.15, -0.1) is 11.3 Å². The van der Waals surface area contributed by atoms with Crippen molar-refractivity contribution in [1.29, 1.82) is 0 Å². The van der Waals surface area contributed by atoms with Crippen LogP contribution in [0.3, 0.4) is 0 Å². The largest absolute Gasteiger partial charge is 0.368 e. The average Bonchev–Trinajstić information content (AvgIpc) is 2.68. The first-order valence-electron chi connectivity index (χ1n) is 6.46. The second kappa shape index (κ2) is 5.12. The summed E-state index contributed by atoms with van der Waals surface area (Å²) in [6.45, 7) is 9.64. The van der Waals surface area contributed by atoms with Gasteiger partial charge in [0.05, 0.1) is 15.5 Å². The summed E-state index contributed by atoms with van der Waals surface area (Å²) >= 11 is 7.59. The summed E-state index contributed by atoms with van der Waals surface area (Å²) in [4.78, 5) is 1.34. The van der Waals surface area contributed by atoms with Crippen LogP contribution in [0.25, 0.3) is 0 Å². The van der Waals surface area contributed by atoms with Crippen LogP contribution in [0.15, 0.2) is 12.1 Å². The van der Waals surface area contributed by atoms with Gasteiger partial charge in [-0.05, 0) is 52.7 Å². The van der Waals surface area contributed by atoms with Crippen LogP contribution < -0.4 is 5.32 Å². The first-order chi connectivity index (χ1) is 8.28. The molecule has 0 amide bonds. The molecule has 1 aliphatic heterocycles. The van der Waals surface area contributed by atoms with Crippen molar-refractivity contribution in [2.45, 2.75) is 57.8 Å². The average molecular weight is 288 g/mol. The highest BCUT2D eigenvalue weighted by molar-refractivity contribution is 7.16. The summed E-state index contributed by atoms with van der Waals surface area (Å²) in [5, 5.41) is 3.62. The molecule has 102 valence electrons. The molecule has 0 radical (unpaired) electrons. The van der Waals surface area contributed by atoms with E-state index in [0.29, 0.717) is 6.04 Å². The SMILES string of the molecule is CC1(C)CC(NCCc2ccc(Cl)s2)C(C)(C)O1. The van der Waals surface area contributed by atoms with E-state index in [1.165, 1.54) is 4.88 Å². The number of hydrogen-bond acceptors (Lipinski definition) is 3. The Balaban J connectivity index is 1.83. The van der Waals surface area contributed by atoms with E-state index in [1.54, 1.807) is 11.3 Å². The van der Waals surface area contributed by atoms with Crippen LogP contribution in [-0.4, -0.2) is 23.8 Å². The second-order valence-electron chi connectivity index (χ2n) is 6.13. The summed E-state index contributed by atoms with van der Waals surface area (Å²) in [6, 6.07) is 4.49. The van der Waals surface area contributed by atoms with E-state index in [4.69, 9.17) is 16.3 Å². The highest BCUT2D eigenvalue weighted by Gasteiger charge is 2.45. The molecule has 1 aromatic heterocycles. The zero-order chi connectivity index (χ0) is 13.4. The molecule has 0 aromatic carbocycles. The number of rotatable bonds is 4. The molecule has 18 heavy (non-hydrogen) atoms. The van der Waals surface area contributed by atoms with E-state index in [1.807, 2.05) is 6.07 Å². The molecular formula is C14H22ClNOS. The lowest BCUT2D eigenvalue weighted by atomic mass is 9.94. The third-order valence-corrected chi connectivity index (χ3v) is 4.76. The van der Waals surface area contributed by atoms with Crippen molar-refractivity contribution in [3.05, 3.63) is 21.3 Å². The van der Waals surface area contributed by atoms with E-state index >= 15 is 0 Å². The molecule has 2 rings (SSSR count). The third-order valence-electron chi connectivity index (χ3n) is 3.47. The van der Waals surface area contributed by atoms with Gasteiger partial charge in [-0.25, -0.2) is 0 Å². The molecule has 1 aliphatic rings. The van der Waals surface area contributed by atoms with Crippen LogP contribution in [0.1, 0.15) is 39.0 Å². The number of thiophene rings is 1. The normalized spacial score (nSPS) is 25.5. The summed E-state index contributed by atoms with van der Waals surface area (Å²) in [6.07, 6.45) is 2.09. The van der Waals surface area contributed by atoms with Crippen molar-refractivity contribution < 1.29 is 4.74 Å². The highest BCUT2D eigenvalue weighted by Crippen LogP contribution is 2.37. The van der Waals surface area contributed by atoms with Crippen LogP contribution in [0.2, 0.25) is 4.34 Å². The molecular weight excluding hydrogens is 266 g/mol. The quantitative estimate of drug-likeness (QED) is 0.907. The zero-order valence-corrected chi connectivity index (χ0v) is 13.1. The second-order valence-corrected chi connectivity index (χ2v) is 7.93. The molecule has 0 saturated carbocycles. The van der Waals surface area contributed by atoms with Crippen LogP contribution in [0.4, 0.5) is 0 Å². The first-order valence-corrected chi connectivity index (χ1v) is 7.66. The molecule has 2 nitrogen and oxygen atoms in total. The van der Waals surface area contributed by atoms with Crippen molar-refractivity contribution in [3.8, 4) is 0 Å². The van der Waals surface area contributed by atoms with E-state index in [0.717, 1.165) is 23.7 Å². The Morgan fingerprint density at radius 3 is 2.61 bits per heavy atom. The van der Waals surface area contributed by atoms with Crippen LogP contribution in [0.5, 0.6) is 0 Å². The van der Waals surface area contributed by atoms with Gasteiger partial charge in [-0.3, -0.25) is 0 Å². The van der Waals surface area contributed by atoms with Gasteiger partial charge in [0.2, 0.25) is 0 Å². The van der Waals surface area contributed by atoms with E-state index in [2.05, 4.69) is 39.1 Å². The minimum atomic E-state index is -0.0867. The van der Waals surface area contributed by atoms with Crippen molar-refractivity contribution in [1.82, 2.24) is 5.32 Å². The van der Waals surface area contributed by atoms with Crippen molar-refractivity contribution in [2.24, 2.45) is 0 Å². The minimum absolute atomic E-state index is 0.0204. The Kier molecular flexibility index (Phi) is 4.07. The number of nitrogens with one attached hydrogen (secondary N) is 1. The fraction of sp³-hybridized carbons (Fsp3) is 0.714. The van der Waals surface area contributed by atoms with Crippen molar-refractivity contribution >= 4 is 22.9 Å². The van der Waals surface area contributed by atoms with Crippen molar-refractivity contribution in [3.63, 3.8) is 0 Å². The maximum Gasteiger partial charge on any atom is 0.0931 e. The summed E-state index contributed by atoms with van der Waals surface area (Å²) in [5.74, 6) is 0. The number of ether oxygens (including phenoxy) is 1. The topological polar surface area (TPSA) is 21.3 Å². The van der Waals surface area contributed by atoms with E-state index < -0.39 is 0 Å². The molecule has 1 saturated heterocycles. The number of halogens is 1. The van der Waals surface area contributed by atoms with Gasteiger partial charge in [0.25, 0.3) is 0 Å². The monoisotopic (exact) mass is 287 g/mol. The molecule has 0 aliphatic carbocycles. The molecule has 0 bridgehead atoms. The van der Waals surface area contributed by atoms with Gasteiger partial charge in [0.1, 0.15) is 0 Å². The van der Waals surface area contributed by atoms with Crippen LogP contribution >= 0.6 is 22.9 Å². The van der Waals surface area contributed by atoms with Gasteiger partial charge in [-0.2, -0.15) is 0 Å². The lowest BCUT2D eigenvalue weighted by Crippen LogP contribution is -2.44. The summed E-state index contributed by atoms with van der Waals surface area (Å²) in [5.41, 5.74) is -0.107. The lowest BCUT2D eigenvalue weighted by Gasteiger charge is -2.27. The van der Waals surface area contributed by atoms with E-state index in [9.17, 15) is 0 Å². The summed E-state index contributed by atoms with van der Waals surface area (Å²) < 4.78 is 6.95. The van der Waals surface area contributed by atoms with Gasteiger partial charge >= 0.3 is 0 Å². The van der Waals surface area contributed by atoms with Crippen molar-refractivity contribution in [2.75, 3.05) is 6.54 Å². The molecule has 1 aromatic rings. The Labute approximate surface area is 119 Å².